The van der Waals surface area contributed by atoms with E-state index in [0.717, 1.165) is 12.3 Å². The minimum Gasteiger partial charge on any atom is -0.319 e. The van der Waals surface area contributed by atoms with Crippen LogP contribution < -0.4 is 5.32 Å². The van der Waals surface area contributed by atoms with Crippen molar-refractivity contribution >= 4 is 0 Å². The van der Waals surface area contributed by atoms with E-state index >= 15 is 0 Å². The van der Waals surface area contributed by atoms with E-state index in [4.69, 9.17) is 0 Å². The molecule has 70 valence electrons. The molecule has 1 aliphatic rings. The zero-order valence-corrected chi connectivity index (χ0v) is 8.05. The summed E-state index contributed by atoms with van der Waals surface area (Å²) in [6, 6.07) is 0. The predicted octanol–water partition coefficient (Wildman–Crippen LogP) is 1.10. The molecule has 1 unspecified atom stereocenters. The number of hydrogen-bond acceptors (Lipinski definition) is 2. The van der Waals surface area contributed by atoms with Crippen LogP contribution in [-0.2, 0) is 0 Å². The largest absolute Gasteiger partial charge is 0.319 e. The fourth-order valence-corrected chi connectivity index (χ4v) is 1.85. The lowest BCUT2D eigenvalue weighted by molar-refractivity contribution is 0.329. The van der Waals surface area contributed by atoms with Crippen molar-refractivity contribution in [1.82, 2.24) is 10.2 Å². The Hall–Kier alpha value is -0.340. The molecule has 1 atom stereocenters. The predicted molar refractivity (Wildman–Crippen MR) is 53.3 cm³/mol. The van der Waals surface area contributed by atoms with Crippen LogP contribution in [0.2, 0.25) is 0 Å². The smallest absolute Gasteiger partial charge is 0.00224 e. The van der Waals surface area contributed by atoms with Crippen LogP contribution in [0, 0.1) is 5.92 Å². The molecule has 1 rings (SSSR count). The van der Waals surface area contributed by atoms with E-state index in [9.17, 15) is 0 Å². The summed E-state index contributed by atoms with van der Waals surface area (Å²) >= 11 is 0. The maximum atomic E-state index is 3.74. The molecule has 1 fully saturated rings. The molecule has 0 aromatic heterocycles. The highest BCUT2D eigenvalue weighted by Gasteiger charge is 2.20. The Kier molecular flexibility index (Phi) is 4.33. The highest BCUT2D eigenvalue weighted by Crippen LogP contribution is 2.14. The maximum Gasteiger partial charge on any atom is 0.00224 e. The monoisotopic (exact) mass is 168 g/mol. The van der Waals surface area contributed by atoms with Crippen LogP contribution in [0.5, 0.6) is 0 Å². The molecular weight excluding hydrogens is 148 g/mol. The lowest BCUT2D eigenvalue weighted by Gasteiger charge is -2.14. The first kappa shape index (κ1) is 9.75. The van der Waals surface area contributed by atoms with Crippen molar-refractivity contribution in [3.8, 4) is 0 Å². The van der Waals surface area contributed by atoms with Crippen LogP contribution in [0.15, 0.2) is 12.7 Å². The van der Waals surface area contributed by atoms with E-state index in [-0.39, 0.29) is 0 Å². The number of nitrogens with zero attached hydrogens (tertiary/aromatic N) is 1. The van der Waals surface area contributed by atoms with Gasteiger partial charge in [0.05, 0.1) is 0 Å². The molecule has 2 heteroatoms. The Morgan fingerprint density at radius 3 is 3.17 bits per heavy atom. The van der Waals surface area contributed by atoms with Crippen molar-refractivity contribution in [2.24, 2.45) is 5.92 Å². The van der Waals surface area contributed by atoms with Gasteiger partial charge in [0, 0.05) is 13.1 Å². The van der Waals surface area contributed by atoms with Crippen molar-refractivity contribution in [2.75, 3.05) is 33.2 Å². The summed E-state index contributed by atoms with van der Waals surface area (Å²) in [5.41, 5.74) is 0. The molecule has 0 aliphatic carbocycles. The maximum absolute atomic E-state index is 3.74. The Labute approximate surface area is 75.6 Å². The quantitative estimate of drug-likeness (QED) is 0.619. The van der Waals surface area contributed by atoms with Crippen molar-refractivity contribution < 1.29 is 0 Å². The third-order valence-electron chi connectivity index (χ3n) is 2.51. The molecule has 0 spiro atoms. The van der Waals surface area contributed by atoms with Gasteiger partial charge in [0.2, 0.25) is 0 Å². The van der Waals surface area contributed by atoms with Crippen LogP contribution >= 0.6 is 0 Å². The van der Waals surface area contributed by atoms with Gasteiger partial charge in [-0.1, -0.05) is 6.08 Å². The van der Waals surface area contributed by atoms with Crippen LogP contribution in [-0.4, -0.2) is 38.1 Å². The third-order valence-corrected chi connectivity index (χ3v) is 2.51. The van der Waals surface area contributed by atoms with Crippen molar-refractivity contribution in [1.29, 1.82) is 0 Å². The molecule has 1 aliphatic heterocycles. The lowest BCUT2D eigenvalue weighted by atomic mass is 10.1. The van der Waals surface area contributed by atoms with Gasteiger partial charge in [0.25, 0.3) is 0 Å². The van der Waals surface area contributed by atoms with E-state index in [1.54, 1.807) is 0 Å². The summed E-state index contributed by atoms with van der Waals surface area (Å²) in [4.78, 5) is 2.53. The third kappa shape index (κ3) is 2.95. The highest BCUT2D eigenvalue weighted by molar-refractivity contribution is 4.78. The summed E-state index contributed by atoms with van der Waals surface area (Å²) < 4.78 is 0. The molecule has 1 N–H and O–H groups in total. The molecule has 0 amide bonds. The normalized spacial score (nSPS) is 24.6. The van der Waals surface area contributed by atoms with Gasteiger partial charge in [-0.25, -0.2) is 0 Å². The molecule has 0 radical (unpaired) electrons. The standard InChI is InChI=1S/C10H20N2/c1-3-4-6-12-7-5-10(9-12)8-11-2/h3,10-11H,1,4-9H2,2H3. The van der Waals surface area contributed by atoms with E-state index in [1.807, 2.05) is 13.1 Å². The first-order valence-electron chi connectivity index (χ1n) is 4.84. The van der Waals surface area contributed by atoms with E-state index in [0.29, 0.717) is 0 Å². The topological polar surface area (TPSA) is 15.3 Å². The summed E-state index contributed by atoms with van der Waals surface area (Å²) in [6.45, 7) is 8.66. The van der Waals surface area contributed by atoms with Gasteiger partial charge in [-0.3, -0.25) is 0 Å². The van der Waals surface area contributed by atoms with E-state index < -0.39 is 0 Å². The molecular formula is C10H20N2. The molecule has 0 bridgehead atoms. The van der Waals surface area contributed by atoms with Gasteiger partial charge in [-0.15, -0.1) is 6.58 Å². The average molecular weight is 168 g/mol. The molecule has 0 aromatic rings. The second-order valence-corrected chi connectivity index (χ2v) is 3.59. The fourth-order valence-electron chi connectivity index (χ4n) is 1.85. The Balaban J connectivity index is 2.12. The Morgan fingerprint density at radius 1 is 1.67 bits per heavy atom. The number of nitrogens with one attached hydrogen (secondary N) is 1. The Bertz CT molecular complexity index is 134. The zero-order valence-electron chi connectivity index (χ0n) is 8.05. The van der Waals surface area contributed by atoms with Crippen LogP contribution in [0.25, 0.3) is 0 Å². The summed E-state index contributed by atoms with van der Waals surface area (Å²) in [6.07, 6.45) is 4.50. The second kappa shape index (κ2) is 5.33. The molecule has 2 nitrogen and oxygen atoms in total. The van der Waals surface area contributed by atoms with Crippen LogP contribution in [0.4, 0.5) is 0 Å². The van der Waals surface area contributed by atoms with Crippen LogP contribution in [0.1, 0.15) is 12.8 Å². The van der Waals surface area contributed by atoms with Gasteiger partial charge in [-0.2, -0.15) is 0 Å². The molecule has 0 saturated carbocycles. The van der Waals surface area contributed by atoms with Crippen molar-refractivity contribution in [3.05, 3.63) is 12.7 Å². The zero-order chi connectivity index (χ0) is 8.81. The minimum atomic E-state index is 0.875. The number of rotatable bonds is 5. The second-order valence-electron chi connectivity index (χ2n) is 3.59. The SMILES string of the molecule is C=CCCN1CCC(CNC)C1. The molecule has 12 heavy (non-hydrogen) atoms. The number of likely N-dealkylation sites (tertiary alicyclic amines) is 1. The van der Waals surface area contributed by atoms with Crippen molar-refractivity contribution in [3.63, 3.8) is 0 Å². The molecule has 0 aromatic carbocycles. The van der Waals surface area contributed by atoms with Crippen LogP contribution in [0.3, 0.4) is 0 Å². The van der Waals surface area contributed by atoms with Gasteiger partial charge < -0.3 is 10.2 Å². The lowest BCUT2D eigenvalue weighted by Crippen LogP contribution is -2.25. The van der Waals surface area contributed by atoms with Gasteiger partial charge >= 0.3 is 0 Å². The molecule has 1 saturated heterocycles. The molecule has 1 heterocycles. The fraction of sp³-hybridized carbons (Fsp3) is 0.800. The van der Waals surface area contributed by atoms with E-state index in [1.165, 1.54) is 32.6 Å². The summed E-state index contributed by atoms with van der Waals surface area (Å²) in [5.74, 6) is 0.875. The Morgan fingerprint density at radius 2 is 2.50 bits per heavy atom. The van der Waals surface area contributed by atoms with E-state index in [2.05, 4.69) is 16.8 Å². The minimum absolute atomic E-state index is 0.875. The van der Waals surface area contributed by atoms with Gasteiger partial charge in [-0.05, 0) is 38.9 Å². The first-order chi connectivity index (χ1) is 5.86. The van der Waals surface area contributed by atoms with Gasteiger partial charge in [0.15, 0.2) is 0 Å². The number of hydrogen-bond donors (Lipinski definition) is 1. The average Bonchev–Trinajstić information content (AvgIpc) is 2.50. The van der Waals surface area contributed by atoms with Crippen molar-refractivity contribution in [2.45, 2.75) is 12.8 Å². The first-order valence-corrected chi connectivity index (χ1v) is 4.84. The summed E-state index contributed by atoms with van der Waals surface area (Å²) in [5, 5.41) is 3.24. The van der Waals surface area contributed by atoms with Gasteiger partial charge in [0.1, 0.15) is 0 Å². The highest BCUT2D eigenvalue weighted by atomic mass is 15.1. The summed E-state index contributed by atoms with van der Waals surface area (Å²) in [7, 11) is 2.03.